The van der Waals surface area contributed by atoms with Crippen molar-refractivity contribution in [3.05, 3.63) is 65.1 Å². The summed E-state index contributed by atoms with van der Waals surface area (Å²) in [6, 6.07) is 10.2. The SMILES string of the molecule is CC(=O)N1C=Cc2ccccc2[C@@H]1CC(=O)OCC(=O)Nc1cccnc1Cl. The first-order chi connectivity index (χ1) is 13.5. The van der Waals surface area contributed by atoms with Crippen LogP contribution in [0.4, 0.5) is 5.69 Å². The number of anilines is 1. The van der Waals surface area contributed by atoms with Crippen LogP contribution in [0.3, 0.4) is 0 Å². The lowest BCUT2D eigenvalue weighted by molar-refractivity contribution is -0.149. The molecule has 1 aliphatic heterocycles. The Kier molecular flexibility index (Phi) is 6.06. The third kappa shape index (κ3) is 4.55. The van der Waals surface area contributed by atoms with Gasteiger partial charge >= 0.3 is 5.97 Å². The number of amides is 2. The lowest BCUT2D eigenvalue weighted by atomic mass is 9.94. The molecule has 28 heavy (non-hydrogen) atoms. The fraction of sp³-hybridized carbons (Fsp3) is 0.200. The molecule has 0 unspecified atom stereocenters. The summed E-state index contributed by atoms with van der Waals surface area (Å²) >= 11 is 5.88. The van der Waals surface area contributed by atoms with Crippen LogP contribution in [0.5, 0.6) is 0 Å². The lowest BCUT2D eigenvalue weighted by Crippen LogP contribution is -2.33. The third-order valence-corrected chi connectivity index (χ3v) is 4.53. The lowest BCUT2D eigenvalue weighted by Gasteiger charge is -2.32. The number of benzene rings is 1. The first kappa shape index (κ1) is 19.6. The Bertz CT molecular complexity index is 945. The van der Waals surface area contributed by atoms with Gasteiger partial charge < -0.3 is 15.0 Å². The zero-order chi connectivity index (χ0) is 20.1. The monoisotopic (exact) mass is 399 g/mol. The van der Waals surface area contributed by atoms with E-state index in [0.29, 0.717) is 5.69 Å². The molecule has 0 spiro atoms. The van der Waals surface area contributed by atoms with Crippen LogP contribution in [-0.4, -0.2) is 34.3 Å². The summed E-state index contributed by atoms with van der Waals surface area (Å²) in [5.41, 5.74) is 2.12. The molecule has 0 saturated heterocycles. The van der Waals surface area contributed by atoms with Crippen LogP contribution in [0, 0.1) is 0 Å². The van der Waals surface area contributed by atoms with Gasteiger partial charge in [-0.2, -0.15) is 0 Å². The van der Waals surface area contributed by atoms with Crippen LogP contribution in [0.15, 0.2) is 48.8 Å². The Morgan fingerprint density at radius 2 is 2.00 bits per heavy atom. The van der Waals surface area contributed by atoms with Crippen molar-refractivity contribution in [1.82, 2.24) is 9.88 Å². The van der Waals surface area contributed by atoms with Crippen molar-refractivity contribution in [2.45, 2.75) is 19.4 Å². The minimum Gasteiger partial charge on any atom is -0.455 e. The number of fused-ring (bicyclic) bond motifs is 1. The first-order valence-corrected chi connectivity index (χ1v) is 8.95. The summed E-state index contributed by atoms with van der Waals surface area (Å²) in [7, 11) is 0. The van der Waals surface area contributed by atoms with E-state index < -0.39 is 24.5 Å². The standard InChI is InChI=1S/C20H18ClN3O4/c1-13(25)24-10-8-14-5-2-3-6-15(14)17(24)11-19(27)28-12-18(26)23-16-7-4-9-22-20(16)21/h2-10,17H,11-12H2,1H3,(H,23,26)/t17-/m0/s1. The van der Waals surface area contributed by atoms with Crippen molar-refractivity contribution >= 4 is 41.1 Å². The fourth-order valence-corrected chi connectivity index (χ4v) is 3.11. The fourth-order valence-electron chi connectivity index (χ4n) is 2.94. The number of ether oxygens (including phenoxy) is 1. The van der Waals surface area contributed by atoms with E-state index in [1.54, 1.807) is 18.3 Å². The normalized spacial score (nSPS) is 14.9. The molecule has 3 rings (SSSR count). The van der Waals surface area contributed by atoms with Crippen LogP contribution in [0.25, 0.3) is 6.08 Å². The van der Waals surface area contributed by atoms with Crippen LogP contribution in [0.2, 0.25) is 5.15 Å². The van der Waals surface area contributed by atoms with Crippen LogP contribution in [0.1, 0.15) is 30.5 Å². The van der Waals surface area contributed by atoms with Crippen molar-refractivity contribution in [3.8, 4) is 0 Å². The Hall–Kier alpha value is -3.19. The maximum atomic E-state index is 12.3. The Labute approximate surface area is 167 Å². The van der Waals surface area contributed by atoms with E-state index in [0.717, 1.165) is 11.1 Å². The molecule has 0 bridgehead atoms. The molecular weight excluding hydrogens is 382 g/mol. The van der Waals surface area contributed by atoms with Crippen molar-refractivity contribution in [2.24, 2.45) is 0 Å². The molecule has 7 nitrogen and oxygen atoms in total. The number of carbonyl (C=O) groups excluding carboxylic acids is 3. The topological polar surface area (TPSA) is 88.6 Å². The van der Waals surface area contributed by atoms with Crippen LogP contribution < -0.4 is 5.32 Å². The minimum absolute atomic E-state index is 0.0676. The number of hydrogen-bond acceptors (Lipinski definition) is 5. The zero-order valence-corrected chi connectivity index (χ0v) is 15.8. The summed E-state index contributed by atoms with van der Waals surface area (Å²) in [6.07, 6.45) is 4.90. The van der Waals surface area contributed by atoms with Gasteiger partial charge in [-0.1, -0.05) is 35.9 Å². The molecule has 1 atom stereocenters. The molecule has 1 aliphatic rings. The van der Waals surface area contributed by atoms with Gasteiger partial charge in [0.2, 0.25) is 5.91 Å². The predicted molar refractivity (Wildman–Crippen MR) is 104 cm³/mol. The van der Waals surface area contributed by atoms with E-state index in [4.69, 9.17) is 16.3 Å². The highest BCUT2D eigenvalue weighted by molar-refractivity contribution is 6.32. The second-order valence-corrected chi connectivity index (χ2v) is 6.50. The van der Waals surface area contributed by atoms with E-state index in [-0.39, 0.29) is 17.5 Å². The van der Waals surface area contributed by atoms with Gasteiger partial charge in [-0.25, -0.2) is 4.98 Å². The summed E-state index contributed by atoms with van der Waals surface area (Å²) in [6.45, 7) is 0.968. The molecule has 2 amide bonds. The quantitative estimate of drug-likeness (QED) is 0.616. The number of carbonyl (C=O) groups is 3. The van der Waals surface area contributed by atoms with E-state index in [1.165, 1.54) is 18.0 Å². The molecule has 1 aromatic carbocycles. The number of esters is 1. The minimum atomic E-state index is -0.589. The number of aromatic nitrogens is 1. The smallest absolute Gasteiger partial charge is 0.308 e. The van der Waals surface area contributed by atoms with E-state index >= 15 is 0 Å². The van der Waals surface area contributed by atoms with Gasteiger partial charge in [-0.15, -0.1) is 0 Å². The van der Waals surface area contributed by atoms with Gasteiger partial charge in [0, 0.05) is 19.3 Å². The molecule has 2 aromatic rings. The predicted octanol–water partition coefficient (Wildman–Crippen LogP) is 3.18. The van der Waals surface area contributed by atoms with Crippen molar-refractivity contribution < 1.29 is 19.1 Å². The molecule has 1 aromatic heterocycles. The molecule has 0 saturated carbocycles. The molecule has 2 heterocycles. The number of halogens is 1. The summed E-state index contributed by atoms with van der Waals surface area (Å²) < 4.78 is 5.09. The summed E-state index contributed by atoms with van der Waals surface area (Å²) in [5, 5.41) is 2.67. The Morgan fingerprint density at radius 3 is 2.75 bits per heavy atom. The molecule has 0 radical (unpaired) electrons. The van der Waals surface area contributed by atoms with Crippen LogP contribution >= 0.6 is 11.6 Å². The van der Waals surface area contributed by atoms with Gasteiger partial charge in [0.1, 0.15) is 0 Å². The maximum absolute atomic E-state index is 12.3. The second-order valence-electron chi connectivity index (χ2n) is 6.14. The van der Waals surface area contributed by atoms with E-state index in [2.05, 4.69) is 10.3 Å². The Balaban J connectivity index is 1.62. The average Bonchev–Trinajstić information content (AvgIpc) is 2.68. The number of nitrogens with one attached hydrogen (secondary N) is 1. The van der Waals surface area contributed by atoms with Crippen molar-refractivity contribution in [1.29, 1.82) is 0 Å². The van der Waals surface area contributed by atoms with E-state index in [1.807, 2.05) is 30.3 Å². The molecule has 1 N–H and O–H groups in total. The molecule has 144 valence electrons. The van der Waals surface area contributed by atoms with Gasteiger partial charge in [0.15, 0.2) is 11.8 Å². The number of rotatable bonds is 5. The van der Waals surface area contributed by atoms with Gasteiger partial charge in [-0.05, 0) is 29.3 Å². The highest BCUT2D eigenvalue weighted by atomic mass is 35.5. The Morgan fingerprint density at radius 1 is 1.21 bits per heavy atom. The zero-order valence-electron chi connectivity index (χ0n) is 15.1. The maximum Gasteiger partial charge on any atom is 0.308 e. The van der Waals surface area contributed by atoms with Gasteiger partial charge in [0.05, 0.1) is 18.2 Å². The van der Waals surface area contributed by atoms with Gasteiger partial charge in [0.25, 0.3) is 5.91 Å². The number of hydrogen-bond donors (Lipinski definition) is 1. The summed E-state index contributed by atoms with van der Waals surface area (Å²) in [4.78, 5) is 41.6. The largest absolute Gasteiger partial charge is 0.455 e. The molecule has 8 heteroatoms. The van der Waals surface area contributed by atoms with Crippen LogP contribution in [-0.2, 0) is 19.1 Å². The second kappa shape index (κ2) is 8.67. The molecular formula is C20H18ClN3O4. The summed E-state index contributed by atoms with van der Waals surface area (Å²) in [5.74, 6) is -1.31. The van der Waals surface area contributed by atoms with Gasteiger partial charge in [-0.3, -0.25) is 14.4 Å². The third-order valence-electron chi connectivity index (χ3n) is 4.23. The average molecular weight is 400 g/mol. The first-order valence-electron chi connectivity index (χ1n) is 8.57. The molecule has 0 fully saturated rings. The molecule has 0 aliphatic carbocycles. The highest BCUT2D eigenvalue weighted by Crippen LogP contribution is 2.33. The van der Waals surface area contributed by atoms with Crippen molar-refractivity contribution in [2.75, 3.05) is 11.9 Å². The number of pyridine rings is 1. The van der Waals surface area contributed by atoms with E-state index in [9.17, 15) is 14.4 Å². The number of nitrogens with zero attached hydrogens (tertiary/aromatic N) is 2. The van der Waals surface area contributed by atoms with Crippen molar-refractivity contribution in [3.63, 3.8) is 0 Å². The highest BCUT2D eigenvalue weighted by Gasteiger charge is 2.28.